The molecule has 2 N–H and O–H groups in total. The number of nitrogens with two attached hydrogens (primary N) is 1. The second kappa shape index (κ2) is 10.8. The Morgan fingerprint density at radius 1 is 1.20 bits per heavy atom. The van der Waals surface area contributed by atoms with E-state index in [4.69, 9.17) is 15.6 Å². The van der Waals surface area contributed by atoms with E-state index in [1.807, 2.05) is 39.0 Å². The Morgan fingerprint density at radius 3 is 2.67 bits per heavy atom. The van der Waals surface area contributed by atoms with Crippen LogP contribution in [0.3, 0.4) is 0 Å². The normalized spacial score (nSPS) is 15.8. The molecule has 4 aromatic rings. The average Bonchev–Trinajstić information content (AvgIpc) is 3.53. The van der Waals surface area contributed by atoms with E-state index in [1.54, 1.807) is 39.9 Å². The van der Waals surface area contributed by atoms with Crippen molar-refractivity contribution in [3.05, 3.63) is 72.3 Å². The molecule has 1 aliphatic rings. The van der Waals surface area contributed by atoms with Gasteiger partial charge in [-0.2, -0.15) is 10.4 Å². The van der Waals surface area contributed by atoms with E-state index in [0.717, 1.165) is 12.8 Å². The van der Waals surface area contributed by atoms with Crippen LogP contribution in [0, 0.1) is 22.6 Å². The average molecular weight is 540 g/mol. The molecule has 1 amide bonds. The minimum Gasteiger partial charge on any atom is -0.457 e. The third kappa shape index (κ3) is 5.50. The van der Waals surface area contributed by atoms with Gasteiger partial charge in [-0.05, 0) is 42.5 Å². The highest BCUT2D eigenvalue weighted by Gasteiger charge is 2.33. The van der Waals surface area contributed by atoms with Crippen molar-refractivity contribution in [2.45, 2.75) is 46.2 Å². The summed E-state index contributed by atoms with van der Waals surface area (Å²) in [6, 6.07) is 15.5. The van der Waals surface area contributed by atoms with Gasteiger partial charge in [0.1, 0.15) is 46.8 Å². The summed E-state index contributed by atoms with van der Waals surface area (Å²) in [5.74, 6) is 0.277. The highest BCUT2D eigenvalue weighted by molar-refractivity contribution is 5.99. The van der Waals surface area contributed by atoms with Gasteiger partial charge < -0.3 is 15.4 Å². The smallest absolute Gasteiger partial charge is 0.264 e. The van der Waals surface area contributed by atoms with Crippen LogP contribution < -0.4 is 10.5 Å². The van der Waals surface area contributed by atoms with Crippen LogP contribution in [0.4, 0.5) is 10.2 Å². The van der Waals surface area contributed by atoms with Gasteiger partial charge in [0.25, 0.3) is 5.91 Å². The number of allylic oxidation sites excluding steroid dienone is 1. The van der Waals surface area contributed by atoms with Crippen LogP contribution in [-0.2, 0) is 11.3 Å². The molecule has 2 aromatic carbocycles. The molecule has 0 unspecified atom stereocenters. The fourth-order valence-electron chi connectivity index (χ4n) is 4.94. The Bertz CT molecular complexity index is 1630. The van der Waals surface area contributed by atoms with Crippen LogP contribution in [0.1, 0.15) is 33.6 Å². The number of carbonyl (C=O) groups is 1. The third-order valence-corrected chi connectivity index (χ3v) is 6.68. The molecule has 0 spiro atoms. The summed E-state index contributed by atoms with van der Waals surface area (Å²) in [6.45, 7) is 6.68. The van der Waals surface area contributed by atoms with Gasteiger partial charge in [-0.1, -0.05) is 45.0 Å². The van der Waals surface area contributed by atoms with E-state index >= 15 is 4.39 Å². The Balaban J connectivity index is 1.48. The molecule has 1 aliphatic heterocycles. The number of benzene rings is 2. The molecule has 0 saturated carbocycles. The van der Waals surface area contributed by atoms with Crippen LogP contribution in [0.25, 0.3) is 22.3 Å². The van der Waals surface area contributed by atoms with Crippen LogP contribution in [0.5, 0.6) is 11.5 Å². The molecule has 1 fully saturated rings. The lowest BCUT2D eigenvalue weighted by Gasteiger charge is -2.25. The van der Waals surface area contributed by atoms with Gasteiger partial charge >= 0.3 is 0 Å². The van der Waals surface area contributed by atoms with Crippen molar-refractivity contribution in [3.8, 4) is 28.8 Å². The summed E-state index contributed by atoms with van der Waals surface area (Å²) in [5.41, 5.74) is 7.01. The molecule has 0 aliphatic carbocycles. The minimum atomic E-state index is -0.535. The van der Waals surface area contributed by atoms with Gasteiger partial charge in [-0.15, -0.1) is 0 Å². The van der Waals surface area contributed by atoms with Crippen LogP contribution in [0.15, 0.2) is 66.5 Å². The number of anilines is 1. The summed E-state index contributed by atoms with van der Waals surface area (Å²) in [6.07, 6.45) is 4.57. The molecule has 3 heterocycles. The number of nitrogen functional groups attached to an aromatic ring is 1. The molecular weight excluding hydrogens is 509 g/mol. The van der Waals surface area contributed by atoms with Crippen molar-refractivity contribution in [2.24, 2.45) is 5.41 Å². The molecule has 1 atom stereocenters. The highest BCUT2D eigenvalue weighted by Crippen LogP contribution is 2.35. The fourth-order valence-corrected chi connectivity index (χ4v) is 4.94. The summed E-state index contributed by atoms with van der Waals surface area (Å²) in [4.78, 5) is 23.5. The Hall–Kier alpha value is -4.78. The van der Waals surface area contributed by atoms with Gasteiger partial charge in [0.15, 0.2) is 5.65 Å². The molecule has 0 radical (unpaired) electrons. The molecule has 1 saturated heterocycles. The standard InChI is InChI=1S/C30H30FN7O2/c1-30(2,3)15-19(16-32)29(39)37-13-7-8-20(37)17-38-28-25(27(33)34-18-35-28)26(36-38)23-12-11-22(14-24(23)31)40-21-9-5-4-6-10-21/h4-6,9-12,14-15,18,20H,7-8,13,17H2,1-3H3,(H2,33,34,35)/b19-15+/t20-/m0/s1. The molecular formula is C30H30FN7O2. The predicted octanol–water partition coefficient (Wildman–Crippen LogP) is 5.49. The first kappa shape index (κ1) is 26.8. The van der Waals surface area contributed by atoms with Gasteiger partial charge in [-0.25, -0.2) is 19.0 Å². The van der Waals surface area contributed by atoms with Crippen molar-refractivity contribution >= 4 is 22.8 Å². The van der Waals surface area contributed by atoms with Crippen LogP contribution in [-0.4, -0.2) is 43.1 Å². The first-order valence-electron chi connectivity index (χ1n) is 13.1. The molecule has 5 rings (SSSR count). The molecule has 2 aromatic heterocycles. The van der Waals surface area contributed by atoms with Gasteiger partial charge in [0.05, 0.1) is 18.0 Å². The zero-order chi connectivity index (χ0) is 28.4. The quantitative estimate of drug-likeness (QED) is 0.254. The van der Waals surface area contributed by atoms with Crippen molar-refractivity contribution in [3.63, 3.8) is 0 Å². The number of ether oxygens (including phenoxy) is 1. The van der Waals surface area contributed by atoms with Gasteiger partial charge in [0.2, 0.25) is 0 Å². The maximum absolute atomic E-state index is 15.4. The number of carbonyl (C=O) groups excluding carboxylic acids is 1. The number of aromatic nitrogens is 4. The lowest BCUT2D eigenvalue weighted by molar-refractivity contribution is -0.127. The van der Waals surface area contributed by atoms with Crippen LogP contribution >= 0.6 is 0 Å². The third-order valence-electron chi connectivity index (χ3n) is 6.68. The number of hydrogen-bond donors (Lipinski definition) is 1. The van der Waals surface area contributed by atoms with Crippen LogP contribution in [0.2, 0.25) is 0 Å². The number of nitrogens with zero attached hydrogens (tertiary/aromatic N) is 6. The lowest BCUT2D eigenvalue weighted by atomic mass is 9.93. The van der Waals surface area contributed by atoms with Crippen molar-refractivity contribution in [2.75, 3.05) is 12.3 Å². The zero-order valence-corrected chi connectivity index (χ0v) is 22.6. The zero-order valence-electron chi connectivity index (χ0n) is 22.6. The number of amides is 1. The summed E-state index contributed by atoms with van der Waals surface area (Å²) in [5, 5.41) is 14.8. The molecule has 0 bridgehead atoms. The number of nitriles is 1. The second-order valence-corrected chi connectivity index (χ2v) is 10.9. The maximum Gasteiger partial charge on any atom is 0.264 e. The summed E-state index contributed by atoms with van der Waals surface area (Å²) < 4.78 is 22.9. The Morgan fingerprint density at radius 2 is 1.98 bits per heavy atom. The number of likely N-dealkylation sites (tertiary alicyclic amines) is 1. The highest BCUT2D eigenvalue weighted by atomic mass is 19.1. The predicted molar refractivity (Wildman–Crippen MR) is 150 cm³/mol. The van der Waals surface area contributed by atoms with E-state index in [1.165, 1.54) is 12.4 Å². The van der Waals surface area contributed by atoms with E-state index < -0.39 is 5.82 Å². The first-order valence-corrected chi connectivity index (χ1v) is 13.1. The number of para-hydroxylation sites is 1. The molecule has 10 heteroatoms. The Kier molecular flexibility index (Phi) is 7.22. The molecule has 9 nitrogen and oxygen atoms in total. The van der Waals surface area contributed by atoms with Crippen molar-refractivity contribution in [1.82, 2.24) is 24.6 Å². The maximum atomic E-state index is 15.4. The van der Waals surface area contributed by atoms with Crippen molar-refractivity contribution in [1.29, 1.82) is 5.26 Å². The summed E-state index contributed by atoms with van der Waals surface area (Å²) >= 11 is 0. The molecule has 40 heavy (non-hydrogen) atoms. The minimum absolute atomic E-state index is 0.122. The number of hydrogen-bond acceptors (Lipinski definition) is 7. The number of fused-ring (bicyclic) bond motifs is 1. The van der Waals surface area contributed by atoms with E-state index in [0.29, 0.717) is 41.3 Å². The van der Waals surface area contributed by atoms with E-state index in [9.17, 15) is 10.1 Å². The van der Waals surface area contributed by atoms with Gasteiger partial charge in [-0.3, -0.25) is 4.79 Å². The largest absolute Gasteiger partial charge is 0.457 e. The SMILES string of the molecule is CC(C)(C)/C=C(\C#N)C(=O)N1CCC[C@H]1Cn1nc(-c2ccc(Oc3ccccc3)cc2F)c2c(N)ncnc21. The van der Waals surface area contributed by atoms with E-state index in [2.05, 4.69) is 16.0 Å². The van der Waals surface area contributed by atoms with E-state index in [-0.39, 0.29) is 34.3 Å². The molecule has 204 valence electrons. The van der Waals surface area contributed by atoms with Gasteiger partial charge in [0, 0.05) is 18.2 Å². The topological polar surface area (TPSA) is 123 Å². The lowest BCUT2D eigenvalue weighted by Crippen LogP contribution is -2.39. The van der Waals surface area contributed by atoms with Crippen molar-refractivity contribution < 1.29 is 13.9 Å². The fraction of sp³-hybridized carbons (Fsp3) is 0.300. The first-order chi connectivity index (χ1) is 19.1. The number of rotatable bonds is 6. The number of halogens is 1. The monoisotopic (exact) mass is 539 g/mol. The summed E-state index contributed by atoms with van der Waals surface area (Å²) in [7, 11) is 0. The second-order valence-electron chi connectivity index (χ2n) is 10.9. The Labute approximate surface area is 231 Å².